The number of hydrogen-bond acceptors (Lipinski definition) is 6. The highest BCUT2D eigenvalue weighted by molar-refractivity contribution is 6.01. The molecule has 11 heteroatoms. The van der Waals surface area contributed by atoms with Crippen LogP contribution < -0.4 is 26.8 Å². The second-order valence-corrected chi connectivity index (χ2v) is 9.53. The van der Waals surface area contributed by atoms with Gasteiger partial charge in [0.1, 0.15) is 23.0 Å². The fourth-order valence-electron chi connectivity index (χ4n) is 4.08. The fraction of sp³-hybridized carbons (Fsp3) is 0.379. The van der Waals surface area contributed by atoms with Gasteiger partial charge in [-0.3, -0.25) is 18.8 Å². The van der Waals surface area contributed by atoms with Crippen LogP contribution in [0.15, 0.2) is 52.2 Å². The number of halogens is 1. The number of benzene rings is 1. The van der Waals surface area contributed by atoms with E-state index in [1.54, 1.807) is 18.3 Å². The molecule has 2 heterocycles. The van der Waals surface area contributed by atoms with Crippen LogP contribution in [0.1, 0.15) is 37.9 Å². The number of anilines is 3. The van der Waals surface area contributed by atoms with E-state index in [0.717, 1.165) is 5.56 Å². The lowest BCUT2D eigenvalue weighted by molar-refractivity contribution is 0.256. The highest BCUT2D eigenvalue weighted by Crippen LogP contribution is 2.16. The second-order valence-electron chi connectivity index (χ2n) is 9.53. The van der Waals surface area contributed by atoms with Crippen molar-refractivity contribution in [1.82, 2.24) is 19.0 Å². The summed E-state index contributed by atoms with van der Waals surface area (Å²) in [6.45, 7) is 5.71. The Morgan fingerprint density at radius 2 is 1.70 bits per heavy atom. The molecule has 0 aliphatic carbocycles. The predicted molar refractivity (Wildman–Crippen MR) is 156 cm³/mol. The predicted octanol–water partition coefficient (Wildman–Crippen LogP) is 3.56. The lowest BCUT2D eigenvalue weighted by Gasteiger charge is -2.24. The number of likely N-dealkylation sites (N-methyl/N-ethyl adjacent to an activating group) is 1. The maximum Gasteiger partial charge on any atom is 0.332 e. The van der Waals surface area contributed by atoms with E-state index < -0.39 is 23.1 Å². The average Bonchev–Trinajstić information content (AvgIpc) is 2.93. The molecule has 0 radical (unpaired) electrons. The van der Waals surface area contributed by atoms with Gasteiger partial charge < -0.3 is 15.5 Å². The lowest BCUT2D eigenvalue weighted by atomic mass is 10.2. The van der Waals surface area contributed by atoms with Crippen LogP contribution in [-0.2, 0) is 19.6 Å². The maximum atomic E-state index is 13.3. The molecule has 0 aliphatic heterocycles. The van der Waals surface area contributed by atoms with Crippen molar-refractivity contribution in [3.63, 3.8) is 0 Å². The zero-order chi connectivity index (χ0) is 29.2. The summed E-state index contributed by atoms with van der Waals surface area (Å²) < 4.78 is 15.9. The molecule has 2 N–H and O–H groups in total. The number of urea groups is 1. The van der Waals surface area contributed by atoms with Crippen LogP contribution >= 0.6 is 0 Å². The van der Waals surface area contributed by atoms with E-state index in [4.69, 9.17) is 6.42 Å². The monoisotopic (exact) mass is 549 g/mol. The molecule has 0 aliphatic rings. The summed E-state index contributed by atoms with van der Waals surface area (Å²) in [5.41, 5.74) is 0.761. The van der Waals surface area contributed by atoms with Crippen LogP contribution in [0.2, 0.25) is 0 Å². The van der Waals surface area contributed by atoms with Crippen LogP contribution in [0.5, 0.6) is 0 Å². The van der Waals surface area contributed by atoms with Crippen molar-refractivity contribution < 1.29 is 9.18 Å². The first-order valence-electron chi connectivity index (χ1n) is 13.2. The highest BCUT2D eigenvalue weighted by atomic mass is 19.1. The van der Waals surface area contributed by atoms with Crippen molar-refractivity contribution in [1.29, 1.82) is 0 Å². The van der Waals surface area contributed by atoms with E-state index in [-0.39, 0.29) is 17.9 Å². The van der Waals surface area contributed by atoms with Crippen LogP contribution in [0, 0.1) is 18.2 Å². The van der Waals surface area contributed by atoms with E-state index in [1.165, 1.54) is 38.3 Å². The molecule has 10 nitrogen and oxygen atoms in total. The van der Waals surface area contributed by atoms with Gasteiger partial charge >= 0.3 is 11.7 Å². The maximum absolute atomic E-state index is 13.3. The molecule has 0 fully saturated rings. The van der Waals surface area contributed by atoms with Crippen molar-refractivity contribution in [2.24, 2.45) is 0 Å². The summed E-state index contributed by atoms with van der Waals surface area (Å²) in [5.74, 6) is 2.55. The van der Waals surface area contributed by atoms with Crippen LogP contribution in [-0.4, -0.2) is 52.2 Å². The fourth-order valence-corrected chi connectivity index (χ4v) is 4.08. The number of nitrogens with zero attached hydrogens (tertiary/aromatic N) is 5. The summed E-state index contributed by atoms with van der Waals surface area (Å²) in [6, 6.07) is 8.63. The third-order valence-corrected chi connectivity index (χ3v) is 6.13. The normalized spacial score (nSPS) is 10.8. The Labute approximate surface area is 233 Å². The van der Waals surface area contributed by atoms with Crippen molar-refractivity contribution in [3.8, 4) is 12.3 Å². The molecule has 212 valence electrons. The minimum Gasteiger partial charge on any atom is -0.374 e. The first-order chi connectivity index (χ1) is 19.2. The van der Waals surface area contributed by atoms with E-state index in [9.17, 15) is 18.8 Å². The summed E-state index contributed by atoms with van der Waals surface area (Å²) in [5, 5.41) is 5.89. The van der Waals surface area contributed by atoms with Gasteiger partial charge in [-0.15, -0.1) is 6.42 Å². The van der Waals surface area contributed by atoms with Crippen molar-refractivity contribution >= 4 is 23.2 Å². The van der Waals surface area contributed by atoms with Crippen LogP contribution in [0.3, 0.4) is 0 Å². The summed E-state index contributed by atoms with van der Waals surface area (Å²) in [7, 11) is 3.81. The first-order valence-corrected chi connectivity index (χ1v) is 13.2. The number of rotatable bonds is 12. The summed E-state index contributed by atoms with van der Waals surface area (Å²) in [6.07, 6.45) is 8.65. The number of amides is 2. The molecular formula is C29H36FN7O3. The molecule has 1 aromatic carbocycles. The van der Waals surface area contributed by atoms with Crippen molar-refractivity contribution in [3.05, 3.63) is 80.5 Å². The van der Waals surface area contributed by atoms with Crippen LogP contribution in [0.4, 0.5) is 26.4 Å². The van der Waals surface area contributed by atoms with E-state index in [0.29, 0.717) is 50.5 Å². The Hall–Kier alpha value is -4.43. The molecule has 3 aromatic rings. The average molecular weight is 550 g/mol. The van der Waals surface area contributed by atoms with E-state index >= 15 is 0 Å². The molecule has 0 spiro atoms. The number of carbonyl (C=O) groups is 1. The van der Waals surface area contributed by atoms with Crippen LogP contribution in [0.25, 0.3) is 0 Å². The van der Waals surface area contributed by atoms with Gasteiger partial charge in [-0.25, -0.2) is 19.0 Å². The minimum absolute atomic E-state index is 0.194. The van der Waals surface area contributed by atoms with Gasteiger partial charge in [0.05, 0.1) is 0 Å². The number of terminal acetylenes is 1. The molecule has 40 heavy (non-hydrogen) atoms. The number of carbonyl (C=O) groups excluding carboxylic acids is 1. The highest BCUT2D eigenvalue weighted by Gasteiger charge is 2.19. The Morgan fingerprint density at radius 3 is 2.27 bits per heavy atom. The Balaban J connectivity index is 1.84. The van der Waals surface area contributed by atoms with Crippen molar-refractivity contribution in [2.75, 3.05) is 42.7 Å². The third kappa shape index (κ3) is 7.36. The van der Waals surface area contributed by atoms with Gasteiger partial charge in [0.2, 0.25) is 0 Å². The third-order valence-electron chi connectivity index (χ3n) is 6.13. The number of hydrogen-bond donors (Lipinski definition) is 2. The second kappa shape index (κ2) is 14.1. The zero-order valence-corrected chi connectivity index (χ0v) is 23.4. The molecule has 0 unspecified atom stereocenters. The summed E-state index contributed by atoms with van der Waals surface area (Å²) in [4.78, 5) is 47.1. The van der Waals surface area contributed by atoms with Gasteiger partial charge in [0, 0.05) is 44.6 Å². The van der Waals surface area contributed by atoms with E-state index in [1.807, 2.05) is 32.8 Å². The van der Waals surface area contributed by atoms with Gasteiger partial charge in [-0.2, -0.15) is 0 Å². The molecule has 3 rings (SSSR count). The molecule has 2 amide bonds. The zero-order valence-electron chi connectivity index (χ0n) is 23.4. The van der Waals surface area contributed by atoms with Gasteiger partial charge in [0.15, 0.2) is 0 Å². The largest absolute Gasteiger partial charge is 0.374 e. The first kappa shape index (κ1) is 30.1. The topological polar surface area (TPSA) is 104 Å². The van der Waals surface area contributed by atoms with Gasteiger partial charge in [0.25, 0.3) is 5.56 Å². The molecule has 0 bridgehead atoms. The quantitative estimate of drug-likeness (QED) is 0.335. The number of aromatic nitrogens is 3. The van der Waals surface area contributed by atoms with Crippen molar-refractivity contribution in [2.45, 2.75) is 46.3 Å². The Morgan fingerprint density at radius 1 is 1.02 bits per heavy atom. The summed E-state index contributed by atoms with van der Waals surface area (Å²) >= 11 is 0. The number of pyridine rings is 1. The molecule has 0 atom stereocenters. The molecular weight excluding hydrogens is 513 g/mol. The molecule has 0 saturated carbocycles. The SMILES string of the molecule is C#Cc1c(NCc2ccc(N(CCN(C)C)C(=O)Nc3ccc(F)cc3)nc2)c(=O)n(CCC)c(=O)n1CCC. The number of nitrogens with one attached hydrogen (secondary N) is 2. The standard InChI is InChI=1S/C29H36FN7O3/c1-6-15-35-24(8-3)26(27(38)37(16-7-2)29(35)40)32-20-21-9-14-25(31-19-21)36(18-17-34(4)5)28(39)33-23-12-10-22(30)11-13-23/h3,9-14,19,32H,6-7,15-18,20H2,1-2,4-5H3,(H,33,39). The van der Waals surface area contributed by atoms with Gasteiger partial charge in [-0.05, 0) is 68.8 Å². The Kier molecular flexibility index (Phi) is 10.6. The smallest absolute Gasteiger partial charge is 0.332 e. The lowest BCUT2D eigenvalue weighted by Crippen LogP contribution is -2.42. The molecule has 0 saturated heterocycles. The van der Waals surface area contributed by atoms with Gasteiger partial charge in [-0.1, -0.05) is 19.9 Å². The minimum atomic E-state index is -0.455. The molecule has 2 aromatic heterocycles. The van der Waals surface area contributed by atoms with E-state index in [2.05, 4.69) is 21.5 Å². The Bertz CT molecular complexity index is 1460.